The molecule has 1 aromatic heterocycles. The molecule has 1 amide bonds. The van der Waals surface area contributed by atoms with Gasteiger partial charge in [-0.2, -0.15) is 5.10 Å². The summed E-state index contributed by atoms with van der Waals surface area (Å²) in [5.41, 5.74) is -0.368. The Morgan fingerprint density at radius 2 is 2.14 bits per heavy atom. The molecule has 2 rings (SSSR count). The summed E-state index contributed by atoms with van der Waals surface area (Å²) in [5, 5.41) is 17.6. The summed E-state index contributed by atoms with van der Waals surface area (Å²) in [6, 6.07) is 0. The van der Waals surface area contributed by atoms with Crippen LogP contribution in [0.5, 0.6) is 0 Å². The molecule has 10 heteroatoms. The number of aromatic nitrogens is 2. The lowest BCUT2D eigenvalue weighted by Gasteiger charge is -2.23. The van der Waals surface area contributed by atoms with Crippen LogP contribution in [0.3, 0.4) is 0 Å². The molecule has 22 heavy (non-hydrogen) atoms. The number of hydrogen-bond acceptors (Lipinski definition) is 6. The topological polar surface area (TPSA) is 124 Å². The number of amides is 1. The van der Waals surface area contributed by atoms with Crippen molar-refractivity contribution in [3.05, 3.63) is 21.5 Å². The molecule has 1 aromatic rings. The second-order valence-corrected chi connectivity index (χ2v) is 8.07. The van der Waals surface area contributed by atoms with Crippen molar-refractivity contribution in [3.8, 4) is 0 Å². The number of nitrogens with one attached hydrogen (secondary N) is 1. The lowest BCUT2D eigenvalue weighted by Crippen LogP contribution is -2.48. The molecule has 0 saturated carbocycles. The van der Waals surface area contributed by atoms with Crippen LogP contribution in [0.2, 0.25) is 0 Å². The van der Waals surface area contributed by atoms with Crippen LogP contribution in [0.1, 0.15) is 24.7 Å². The fourth-order valence-corrected chi connectivity index (χ4v) is 4.82. The second kappa shape index (κ2) is 5.34. The Labute approximate surface area is 127 Å². The molecule has 122 valence electrons. The monoisotopic (exact) mass is 330 g/mol. The fraction of sp³-hybridized carbons (Fsp3) is 0.667. The van der Waals surface area contributed by atoms with Gasteiger partial charge in [0.25, 0.3) is 0 Å². The van der Waals surface area contributed by atoms with Gasteiger partial charge in [-0.25, -0.2) is 8.42 Å². The van der Waals surface area contributed by atoms with Gasteiger partial charge >= 0.3 is 5.69 Å². The van der Waals surface area contributed by atoms with Gasteiger partial charge in [0.05, 0.1) is 22.0 Å². The maximum Gasteiger partial charge on any atom is 0.312 e. The van der Waals surface area contributed by atoms with Crippen molar-refractivity contribution in [2.24, 2.45) is 0 Å². The zero-order chi connectivity index (χ0) is 16.7. The average molecular weight is 330 g/mol. The fourth-order valence-electron chi connectivity index (χ4n) is 2.73. The van der Waals surface area contributed by atoms with Crippen molar-refractivity contribution in [3.63, 3.8) is 0 Å². The van der Waals surface area contributed by atoms with E-state index in [1.165, 1.54) is 18.5 Å². The third-order valence-electron chi connectivity index (χ3n) is 3.76. The van der Waals surface area contributed by atoms with Gasteiger partial charge < -0.3 is 5.32 Å². The SMILES string of the molecule is Cc1nn(CC(=O)N[C@]2(C)CCS(=O)(=O)C2)c(C)c1[N+](=O)[O-]. The number of sulfone groups is 1. The predicted molar refractivity (Wildman–Crippen MR) is 78.2 cm³/mol. The summed E-state index contributed by atoms with van der Waals surface area (Å²) < 4.78 is 24.3. The van der Waals surface area contributed by atoms with Gasteiger partial charge in [0.1, 0.15) is 17.9 Å². The summed E-state index contributed by atoms with van der Waals surface area (Å²) in [6.07, 6.45) is 0.359. The van der Waals surface area contributed by atoms with E-state index in [-0.39, 0.29) is 29.4 Å². The number of nitro groups is 1. The average Bonchev–Trinajstić information content (AvgIpc) is 2.75. The van der Waals surface area contributed by atoms with Crippen LogP contribution in [-0.4, -0.2) is 46.1 Å². The van der Waals surface area contributed by atoms with Gasteiger partial charge in [0.15, 0.2) is 9.84 Å². The van der Waals surface area contributed by atoms with Crippen LogP contribution >= 0.6 is 0 Å². The minimum Gasteiger partial charge on any atom is -0.348 e. The molecule has 1 N–H and O–H groups in total. The zero-order valence-electron chi connectivity index (χ0n) is 12.6. The zero-order valence-corrected chi connectivity index (χ0v) is 13.4. The highest BCUT2D eigenvalue weighted by Crippen LogP contribution is 2.24. The van der Waals surface area contributed by atoms with Crippen LogP contribution in [0.25, 0.3) is 0 Å². The lowest BCUT2D eigenvalue weighted by molar-refractivity contribution is -0.386. The van der Waals surface area contributed by atoms with Crippen LogP contribution in [0.15, 0.2) is 0 Å². The Balaban J connectivity index is 2.11. The lowest BCUT2D eigenvalue weighted by atomic mass is 10.0. The maximum absolute atomic E-state index is 12.1. The molecular weight excluding hydrogens is 312 g/mol. The van der Waals surface area contributed by atoms with E-state index in [2.05, 4.69) is 10.4 Å². The molecule has 0 aliphatic carbocycles. The van der Waals surface area contributed by atoms with Crippen LogP contribution in [0, 0.1) is 24.0 Å². The molecule has 0 radical (unpaired) electrons. The number of rotatable bonds is 4. The maximum atomic E-state index is 12.1. The third-order valence-corrected chi connectivity index (χ3v) is 5.67. The molecule has 1 saturated heterocycles. The largest absolute Gasteiger partial charge is 0.348 e. The molecule has 9 nitrogen and oxygen atoms in total. The second-order valence-electron chi connectivity index (χ2n) is 5.89. The molecule has 1 fully saturated rings. The normalized spacial score (nSPS) is 23.4. The molecule has 0 unspecified atom stereocenters. The highest BCUT2D eigenvalue weighted by molar-refractivity contribution is 7.91. The Kier molecular flexibility index (Phi) is 3.98. The van der Waals surface area contributed by atoms with E-state index in [0.29, 0.717) is 12.1 Å². The first-order chi connectivity index (χ1) is 10.0. The Morgan fingerprint density at radius 3 is 2.59 bits per heavy atom. The van der Waals surface area contributed by atoms with Gasteiger partial charge in [-0.05, 0) is 27.2 Å². The van der Waals surface area contributed by atoms with E-state index in [1.807, 2.05) is 0 Å². The van der Waals surface area contributed by atoms with Gasteiger partial charge in [-0.15, -0.1) is 0 Å². The van der Waals surface area contributed by atoms with Gasteiger partial charge in [0, 0.05) is 0 Å². The number of carbonyl (C=O) groups excluding carboxylic acids is 1. The molecule has 0 spiro atoms. The van der Waals surface area contributed by atoms with Crippen LogP contribution in [-0.2, 0) is 21.2 Å². The quantitative estimate of drug-likeness (QED) is 0.617. The van der Waals surface area contributed by atoms with E-state index in [4.69, 9.17) is 0 Å². The number of carbonyl (C=O) groups is 1. The standard InChI is InChI=1S/C12H18N4O5S/c1-8-11(16(18)19)9(2)15(14-8)6-10(17)13-12(3)4-5-22(20,21)7-12/h4-7H2,1-3H3,(H,13,17)/t12-/m1/s1. The molecular formula is C12H18N4O5S. The number of aryl methyl sites for hydroxylation is 1. The number of hydrogen-bond donors (Lipinski definition) is 1. The molecule has 0 bridgehead atoms. The van der Waals surface area contributed by atoms with Crippen molar-refractivity contribution < 1.29 is 18.1 Å². The van der Waals surface area contributed by atoms with E-state index in [0.717, 1.165) is 0 Å². The predicted octanol–water partition coefficient (Wildman–Crippen LogP) is 0.102. The first-order valence-corrected chi connectivity index (χ1v) is 8.55. The van der Waals surface area contributed by atoms with Crippen molar-refractivity contribution in [2.75, 3.05) is 11.5 Å². The van der Waals surface area contributed by atoms with Crippen molar-refractivity contribution in [2.45, 2.75) is 39.3 Å². The summed E-state index contributed by atoms with van der Waals surface area (Å²) >= 11 is 0. The molecule has 0 aromatic carbocycles. The smallest absolute Gasteiger partial charge is 0.312 e. The van der Waals surface area contributed by atoms with Crippen molar-refractivity contribution >= 4 is 21.4 Å². The first-order valence-electron chi connectivity index (χ1n) is 6.73. The molecule has 2 heterocycles. The highest BCUT2D eigenvalue weighted by Gasteiger charge is 2.39. The van der Waals surface area contributed by atoms with E-state index in [1.54, 1.807) is 6.92 Å². The Morgan fingerprint density at radius 1 is 1.50 bits per heavy atom. The highest BCUT2D eigenvalue weighted by atomic mass is 32.2. The summed E-state index contributed by atoms with van der Waals surface area (Å²) in [6.45, 7) is 4.52. The minimum absolute atomic E-state index is 0.0508. The summed E-state index contributed by atoms with van der Waals surface area (Å²) in [4.78, 5) is 22.5. The molecule has 1 atom stereocenters. The number of nitrogens with zero attached hydrogens (tertiary/aromatic N) is 3. The Hall–Kier alpha value is -1.97. The van der Waals surface area contributed by atoms with Crippen LogP contribution < -0.4 is 5.32 Å². The van der Waals surface area contributed by atoms with E-state index >= 15 is 0 Å². The van der Waals surface area contributed by atoms with Crippen molar-refractivity contribution in [1.82, 2.24) is 15.1 Å². The van der Waals surface area contributed by atoms with Crippen molar-refractivity contribution in [1.29, 1.82) is 0 Å². The van der Waals surface area contributed by atoms with E-state index < -0.39 is 26.2 Å². The first kappa shape index (κ1) is 16.4. The Bertz CT molecular complexity index is 739. The van der Waals surface area contributed by atoms with E-state index in [9.17, 15) is 23.3 Å². The minimum atomic E-state index is -3.12. The molecule has 1 aliphatic heterocycles. The van der Waals surface area contributed by atoms with Crippen LogP contribution in [0.4, 0.5) is 5.69 Å². The van der Waals surface area contributed by atoms with Gasteiger partial charge in [-0.1, -0.05) is 0 Å². The van der Waals surface area contributed by atoms with Gasteiger partial charge in [-0.3, -0.25) is 19.6 Å². The van der Waals surface area contributed by atoms with Gasteiger partial charge in [0.2, 0.25) is 5.91 Å². The summed E-state index contributed by atoms with van der Waals surface area (Å²) in [7, 11) is -3.12. The summed E-state index contributed by atoms with van der Waals surface area (Å²) in [5.74, 6) is -0.460. The third kappa shape index (κ3) is 3.26. The molecule has 1 aliphatic rings.